The SMILES string of the molecule is P=NC1CCNCC1. The van der Waals surface area contributed by atoms with Gasteiger partial charge in [-0.25, -0.2) is 0 Å². The number of nitrogens with one attached hydrogen (secondary N) is 1. The summed E-state index contributed by atoms with van der Waals surface area (Å²) in [5, 5.41) is 3.27. The van der Waals surface area contributed by atoms with Gasteiger partial charge >= 0.3 is 0 Å². The molecule has 0 unspecified atom stereocenters. The molecule has 0 saturated carbocycles. The molecular formula is C5H11N2P. The zero-order chi connectivity index (χ0) is 5.82. The van der Waals surface area contributed by atoms with E-state index in [4.69, 9.17) is 0 Å². The second-order valence-electron chi connectivity index (χ2n) is 2.11. The van der Waals surface area contributed by atoms with Crippen LogP contribution in [0.3, 0.4) is 0 Å². The maximum atomic E-state index is 4.01. The van der Waals surface area contributed by atoms with Gasteiger partial charge in [0.05, 0.1) is 6.04 Å². The normalized spacial score (nSPS) is 23.0. The zero-order valence-corrected chi connectivity index (χ0v) is 5.85. The lowest BCUT2D eigenvalue weighted by atomic mass is 10.1. The van der Waals surface area contributed by atoms with E-state index in [-0.39, 0.29) is 0 Å². The molecule has 1 heterocycles. The minimum Gasteiger partial charge on any atom is -0.317 e. The lowest BCUT2D eigenvalue weighted by Crippen LogP contribution is -2.29. The van der Waals surface area contributed by atoms with Crippen LogP contribution in [0.15, 0.2) is 4.74 Å². The highest BCUT2D eigenvalue weighted by molar-refractivity contribution is 7.04. The number of hydrogen-bond donors (Lipinski definition) is 1. The molecule has 0 aromatic carbocycles. The van der Waals surface area contributed by atoms with Crippen molar-refractivity contribution in [2.75, 3.05) is 13.1 Å². The van der Waals surface area contributed by atoms with Gasteiger partial charge < -0.3 is 5.32 Å². The second kappa shape index (κ2) is 3.16. The molecule has 0 bridgehead atoms. The molecule has 46 valence electrons. The Morgan fingerprint density at radius 2 is 2.00 bits per heavy atom. The van der Waals surface area contributed by atoms with Gasteiger partial charge in [0.15, 0.2) is 0 Å². The summed E-state index contributed by atoms with van der Waals surface area (Å²) in [6.07, 6.45) is 2.37. The lowest BCUT2D eigenvalue weighted by molar-refractivity contribution is 0.463. The van der Waals surface area contributed by atoms with Crippen molar-refractivity contribution < 1.29 is 0 Å². The number of rotatable bonds is 1. The fourth-order valence-corrected chi connectivity index (χ4v) is 1.19. The Balaban J connectivity index is 2.22. The minimum absolute atomic E-state index is 0.563. The molecule has 1 rings (SSSR count). The second-order valence-corrected chi connectivity index (χ2v) is 2.37. The molecule has 0 radical (unpaired) electrons. The van der Waals surface area contributed by atoms with E-state index in [9.17, 15) is 0 Å². The van der Waals surface area contributed by atoms with Crippen molar-refractivity contribution >= 4 is 9.03 Å². The van der Waals surface area contributed by atoms with Crippen LogP contribution in [-0.4, -0.2) is 19.1 Å². The van der Waals surface area contributed by atoms with Crippen LogP contribution in [0.2, 0.25) is 0 Å². The molecule has 1 aliphatic rings. The average molecular weight is 130 g/mol. The van der Waals surface area contributed by atoms with Gasteiger partial charge in [0.25, 0.3) is 0 Å². The molecule has 0 aromatic rings. The topological polar surface area (TPSA) is 24.4 Å². The molecule has 0 amide bonds. The molecular weight excluding hydrogens is 119 g/mol. The first-order valence-corrected chi connectivity index (χ1v) is 3.45. The molecule has 2 nitrogen and oxygen atoms in total. The maximum absolute atomic E-state index is 4.01. The molecule has 3 heteroatoms. The number of nitrogens with zero attached hydrogens (tertiary/aromatic N) is 1. The van der Waals surface area contributed by atoms with Crippen LogP contribution < -0.4 is 5.32 Å². The summed E-state index contributed by atoms with van der Waals surface area (Å²) in [5.74, 6) is 0. The third-order valence-electron chi connectivity index (χ3n) is 1.49. The van der Waals surface area contributed by atoms with Crippen LogP contribution in [0, 0.1) is 0 Å². The monoisotopic (exact) mass is 130 g/mol. The molecule has 1 aliphatic heterocycles. The fraction of sp³-hybridized carbons (Fsp3) is 1.00. The molecule has 1 saturated heterocycles. The Kier molecular flexibility index (Phi) is 2.44. The van der Waals surface area contributed by atoms with Gasteiger partial charge in [0.1, 0.15) is 0 Å². The highest BCUT2D eigenvalue weighted by Crippen LogP contribution is 2.06. The third-order valence-corrected chi connectivity index (χ3v) is 1.86. The number of hydrogen-bond acceptors (Lipinski definition) is 2. The summed E-state index contributed by atoms with van der Waals surface area (Å²) in [5.41, 5.74) is 0. The van der Waals surface area contributed by atoms with Crippen LogP contribution >= 0.6 is 9.03 Å². The van der Waals surface area contributed by atoms with Gasteiger partial charge in [0.2, 0.25) is 0 Å². The molecule has 0 atom stereocenters. The first-order valence-electron chi connectivity index (χ1n) is 3.01. The van der Waals surface area contributed by atoms with Gasteiger partial charge in [-0.2, -0.15) is 0 Å². The van der Waals surface area contributed by atoms with E-state index < -0.39 is 0 Å². The van der Waals surface area contributed by atoms with Crippen molar-refractivity contribution in [3.05, 3.63) is 0 Å². The summed E-state index contributed by atoms with van der Waals surface area (Å²) in [6, 6.07) is 0.563. The van der Waals surface area contributed by atoms with Crippen LogP contribution in [0.25, 0.3) is 0 Å². The summed E-state index contributed by atoms with van der Waals surface area (Å²) in [4.78, 5) is 0. The highest BCUT2D eigenvalue weighted by atomic mass is 31.0. The van der Waals surface area contributed by atoms with E-state index >= 15 is 0 Å². The smallest absolute Gasteiger partial charge is 0.0564 e. The van der Waals surface area contributed by atoms with Gasteiger partial charge in [-0.15, -0.1) is 0 Å². The average Bonchev–Trinajstić information content (AvgIpc) is 1.90. The quantitative estimate of drug-likeness (QED) is 0.527. The van der Waals surface area contributed by atoms with Crippen LogP contribution in [0.5, 0.6) is 0 Å². The molecule has 0 spiro atoms. The van der Waals surface area contributed by atoms with Crippen LogP contribution in [0.1, 0.15) is 12.8 Å². The molecule has 0 aliphatic carbocycles. The molecule has 1 N–H and O–H groups in total. The Morgan fingerprint density at radius 3 is 2.38 bits per heavy atom. The van der Waals surface area contributed by atoms with E-state index in [1.165, 1.54) is 12.8 Å². The van der Waals surface area contributed by atoms with Gasteiger partial charge in [-0.1, -0.05) is 0 Å². The molecule has 0 aromatic heterocycles. The van der Waals surface area contributed by atoms with Crippen LogP contribution in [0.4, 0.5) is 0 Å². The van der Waals surface area contributed by atoms with E-state index in [2.05, 4.69) is 19.1 Å². The van der Waals surface area contributed by atoms with Crippen molar-refractivity contribution in [1.29, 1.82) is 0 Å². The highest BCUT2D eigenvalue weighted by Gasteiger charge is 2.08. The molecule has 1 fully saturated rings. The Labute approximate surface area is 52.0 Å². The fourth-order valence-electron chi connectivity index (χ4n) is 0.936. The van der Waals surface area contributed by atoms with Crippen molar-refractivity contribution in [3.63, 3.8) is 0 Å². The third kappa shape index (κ3) is 1.53. The largest absolute Gasteiger partial charge is 0.317 e. The summed E-state index contributed by atoms with van der Waals surface area (Å²) >= 11 is 0. The Bertz CT molecular complexity index is 78.5. The van der Waals surface area contributed by atoms with Gasteiger partial charge in [-0.05, 0) is 35.0 Å². The first-order chi connectivity index (χ1) is 3.93. The standard InChI is InChI=1S/C5H11N2P/c8-7-5-1-3-6-4-2-5/h5-6,8H,1-4H2. The van der Waals surface area contributed by atoms with E-state index in [1.807, 2.05) is 0 Å². The lowest BCUT2D eigenvalue weighted by Gasteiger charge is -2.17. The Morgan fingerprint density at radius 1 is 1.38 bits per heavy atom. The van der Waals surface area contributed by atoms with E-state index in [0.29, 0.717) is 6.04 Å². The first kappa shape index (κ1) is 6.18. The van der Waals surface area contributed by atoms with Crippen molar-refractivity contribution in [3.8, 4) is 0 Å². The van der Waals surface area contributed by atoms with Gasteiger partial charge in [-0.3, -0.25) is 4.74 Å². The van der Waals surface area contributed by atoms with Gasteiger partial charge in [0, 0.05) is 0 Å². The predicted molar refractivity (Wildman–Crippen MR) is 36.6 cm³/mol. The Hall–Kier alpha value is 0.0600. The van der Waals surface area contributed by atoms with Crippen molar-refractivity contribution in [2.24, 2.45) is 4.74 Å². The van der Waals surface area contributed by atoms with Crippen LogP contribution in [-0.2, 0) is 0 Å². The minimum atomic E-state index is 0.563. The molecule has 8 heavy (non-hydrogen) atoms. The number of piperidine rings is 1. The van der Waals surface area contributed by atoms with Crippen molar-refractivity contribution in [2.45, 2.75) is 18.9 Å². The maximum Gasteiger partial charge on any atom is 0.0564 e. The van der Waals surface area contributed by atoms with E-state index in [0.717, 1.165) is 13.1 Å². The predicted octanol–water partition coefficient (Wildman–Crippen LogP) is 1.06. The zero-order valence-electron chi connectivity index (χ0n) is 4.85. The van der Waals surface area contributed by atoms with Crippen molar-refractivity contribution in [1.82, 2.24) is 5.32 Å². The summed E-state index contributed by atoms with van der Waals surface area (Å²) < 4.78 is 4.01. The van der Waals surface area contributed by atoms with E-state index in [1.54, 1.807) is 0 Å². The summed E-state index contributed by atoms with van der Waals surface area (Å²) in [6.45, 7) is 2.25. The summed E-state index contributed by atoms with van der Waals surface area (Å²) in [7, 11) is 3.15.